The molecule has 0 saturated carbocycles. The van der Waals surface area contributed by atoms with Crippen LogP contribution in [0.2, 0.25) is 5.02 Å². The molecular weight excluding hydrogens is 322 g/mol. The normalized spacial score (nSPS) is 11.0. The van der Waals surface area contributed by atoms with Gasteiger partial charge in [-0.3, -0.25) is 4.79 Å². The molecule has 0 radical (unpaired) electrons. The van der Waals surface area contributed by atoms with Crippen LogP contribution in [0.3, 0.4) is 0 Å². The van der Waals surface area contributed by atoms with Crippen molar-refractivity contribution < 1.29 is 9.53 Å². The van der Waals surface area contributed by atoms with Gasteiger partial charge in [-0.05, 0) is 51.5 Å². The molecule has 0 heterocycles. The molecule has 4 heteroatoms. The topological polar surface area (TPSA) is 29.5 Å². The van der Waals surface area contributed by atoms with E-state index in [4.69, 9.17) is 16.3 Å². The van der Waals surface area contributed by atoms with Crippen LogP contribution in [-0.4, -0.2) is 22.9 Å². The first-order chi connectivity index (χ1) is 11.4. The van der Waals surface area contributed by atoms with Crippen LogP contribution in [0.4, 0.5) is 0 Å². The summed E-state index contributed by atoms with van der Waals surface area (Å²) in [6.45, 7) is 8.44. The number of hydrogen-bond donors (Lipinski definition) is 0. The third-order valence-corrected chi connectivity index (χ3v) is 3.99. The summed E-state index contributed by atoms with van der Waals surface area (Å²) in [5.74, 6) is 0.474. The molecule has 0 fully saturated rings. The zero-order chi connectivity index (χ0) is 17.7. The number of carbonyl (C=O) groups excluding carboxylic acids is 1. The second-order valence-corrected chi connectivity index (χ2v) is 6.75. The summed E-state index contributed by atoms with van der Waals surface area (Å²) in [5.41, 5.74) is 1.58. The lowest BCUT2D eigenvalue weighted by atomic mass is 10.1. The molecule has 0 aliphatic rings. The first-order valence-corrected chi connectivity index (χ1v) is 8.57. The maximum Gasteiger partial charge on any atom is 0.258 e. The van der Waals surface area contributed by atoms with E-state index in [0.717, 1.165) is 5.56 Å². The fraction of sp³-hybridized carbons (Fsp3) is 0.350. The van der Waals surface area contributed by atoms with E-state index in [9.17, 15) is 4.79 Å². The molecule has 0 atom stereocenters. The van der Waals surface area contributed by atoms with Crippen LogP contribution in [0.1, 0.15) is 43.6 Å². The van der Waals surface area contributed by atoms with Crippen LogP contribution in [0.15, 0.2) is 48.5 Å². The number of amides is 1. The quantitative estimate of drug-likeness (QED) is 0.722. The lowest BCUT2D eigenvalue weighted by Gasteiger charge is -2.31. The maximum absolute atomic E-state index is 13.0. The minimum atomic E-state index is -0.0419. The first-order valence-electron chi connectivity index (χ1n) is 8.19. The van der Waals surface area contributed by atoms with E-state index in [-0.39, 0.29) is 18.0 Å². The Morgan fingerprint density at radius 3 is 2.25 bits per heavy atom. The van der Waals surface area contributed by atoms with E-state index < -0.39 is 0 Å². The lowest BCUT2D eigenvalue weighted by Crippen LogP contribution is -2.42. The molecule has 0 aliphatic carbocycles. The number of rotatable bonds is 6. The van der Waals surface area contributed by atoms with Gasteiger partial charge in [-0.15, -0.1) is 0 Å². The lowest BCUT2D eigenvalue weighted by molar-refractivity contribution is 0.0639. The number of ether oxygens (including phenoxy) is 1. The van der Waals surface area contributed by atoms with Crippen LogP contribution >= 0.6 is 11.6 Å². The van der Waals surface area contributed by atoms with Gasteiger partial charge in [-0.2, -0.15) is 0 Å². The molecule has 24 heavy (non-hydrogen) atoms. The van der Waals surface area contributed by atoms with Gasteiger partial charge < -0.3 is 9.64 Å². The van der Waals surface area contributed by atoms with Crippen LogP contribution in [-0.2, 0) is 6.61 Å². The number of benzene rings is 2. The minimum Gasteiger partial charge on any atom is -0.488 e. The maximum atomic E-state index is 13.0. The third kappa shape index (κ3) is 4.51. The second kappa shape index (κ2) is 8.20. The van der Waals surface area contributed by atoms with Crippen molar-refractivity contribution in [1.82, 2.24) is 4.90 Å². The van der Waals surface area contributed by atoms with Gasteiger partial charge in [0.25, 0.3) is 5.91 Å². The monoisotopic (exact) mass is 345 g/mol. The van der Waals surface area contributed by atoms with Crippen molar-refractivity contribution >= 4 is 17.5 Å². The molecule has 128 valence electrons. The molecule has 0 aromatic heterocycles. The van der Waals surface area contributed by atoms with E-state index in [1.54, 1.807) is 18.2 Å². The molecule has 0 saturated heterocycles. The highest BCUT2D eigenvalue weighted by atomic mass is 35.5. The Morgan fingerprint density at radius 2 is 1.67 bits per heavy atom. The van der Waals surface area contributed by atoms with Crippen molar-refractivity contribution in [2.75, 3.05) is 0 Å². The van der Waals surface area contributed by atoms with E-state index in [1.807, 2.05) is 62.9 Å². The molecule has 0 spiro atoms. The summed E-state index contributed by atoms with van der Waals surface area (Å²) < 4.78 is 5.90. The highest BCUT2D eigenvalue weighted by molar-refractivity contribution is 6.30. The largest absolute Gasteiger partial charge is 0.488 e. The smallest absolute Gasteiger partial charge is 0.258 e. The molecular formula is C20H24ClNO2. The SMILES string of the molecule is CC(C)N(C(=O)c1ccc(Cl)cc1OCc1ccccc1)C(C)C. The molecule has 2 rings (SSSR count). The van der Waals surface area contributed by atoms with Crippen LogP contribution in [0.25, 0.3) is 0 Å². The molecule has 1 amide bonds. The van der Waals surface area contributed by atoms with Crippen LogP contribution < -0.4 is 4.74 Å². The summed E-state index contributed by atoms with van der Waals surface area (Å²) in [6.07, 6.45) is 0. The van der Waals surface area contributed by atoms with Crippen molar-refractivity contribution in [2.24, 2.45) is 0 Å². The predicted octanol–water partition coefficient (Wildman–Crippen LogP) is 5.18. The van der Waals surface area contributed by atoms with Crippen molar-refractivity contribution in [3.63, 3.8) is 0 Å². The summed E-state index contributed by atoms with van der Waals surface area (Å²) in [7, 11) is 0. The molecule has 0 bridgehead atoms. The highest BCUT2D eigenvalue weighted by Gasteiger charge is 2.24. The van der Waals surface area contributed by atoms with Crippen molar-refractivity contribution in [3.8, 4) is 5.75 Å². The first kappa shape index (κ1) is 18.3. The standard InChI is InChI=1S/C20H24ClNO2/c1-14(2)22(15(3)4)20(23)18-11-10-17(21)12-19(18)24-13-16-8-6-5-7-9-16/h5-12,14-15H,13H2,1-4H3. The van der Waals surface area contributed by atoms with Gasteiger partial charge in [0.15, 0.2) is 0 Å². The summed E-state index contributed by atoms with van der Waals surface area (Å²) in [4.78, 5) is 14.8. The van der Waals surface area contributed by atoms with Crippen molar-refractivity contribution in [1.29, 1.82) is 0 Å². The average molecular weight is 346 g/mol. The Labute approximate surface area is 149 Å². The highest BCUT2D eigenvalue weighted by Crippen LogP contribution is 2.27. The summed E-state index contributed by atoms with van der Waals surface area (Å²) >= 11 is 6.10. The van der Waals surface area contributed by atoms with E-state index in [0.29, 0.717) is 22.9 Å². The van der Waals surface area contributed by atoms with Gasteiger partial charge >= 0.3 is 0 Å². The molecule has 0 aliphatic heterocycles. The molecule has 2 aromatic carbocycles. The van der Waals surface area contributed by atoms with E-state index in [1.165, 1.54) is 0 Å². The summed E-state index contributed by atoms with van der Waals surface area (Å²) in [6, 6.07) is 15.2. The fourth-order valence-corrected chi connectivity index (χ4v) is 2.89. The van der Waals surface area contributed by atoms with Gasteiger partial charge in [0.2, 0.25) is 0 Å². The van der Waals surface area contributed by atoms with Crippen molar-refractivity contribution in [2.45, 2.75) is 46.4 Å². The number of halogens is 1. The van der Waals surface area contributed by atoms with Gasteiger partial charge in [0.1, 0.15) is 12.4 Å². The summed E-state index contributed by atoms with van der Waals surface area (Å²) in [5, 5.41) is 0.551. The third-order valence-electron chi connectivity index (χ3n) is 3.76. The predicted molar refractivity (Wildman–Crippen MR) is 98.7 cm³/mol. The Kier molecular flexibility index (Phi) is 6.27. The Bertz CT molecular complexity index is 675. The van der Waals surface area contributed by atoms with Gasteiger partial charge in [0.05, 0.1) is 5.56 Å². The second-order valence-electron chi connectivity index (χ2n) is 6.31. The minimum absolute atomic E-state index is 0.0419. The zero-order valence-corrected chi connectivity index (χ0v) is 15.4. The average Bonchev–Trinajstić information content (AvgIpc) is 2.53. The van der Waals surface area contributed by atoms with Crippen LogP contribution in [0, 0.1) is 0 Å². The van der Waals surface area contributed by atoms with E-state index >= 15 is 0 Å². The Balaban J connectivity index is 2.28. The molecule has 0 unspecified atom stereocenters. The number of hydrogen-bond acceptors (Lipinski definition) is 2. The van der Waals surface area contributed by atoms with Gasteiger partial charge in [-0.1, -0.05) is 41.9 Å². The molecule has 3 nitrogen and oxygen atoms in total. The van der Waals surface area contributed by atoms with Crippen LogP contribution in [0.5, 0.6) is 5.75 Å². The fourth-order valence-electron chi connectivity index (χ4n) is 2.73. The zero-order valence-electron chi connectivity index (χ0n) is 14.6. The number of nitrogens with zero attached hydrogens (tertiary/aromatic N) is 1. The molecule has 0 N–H and O–H groups in total. The van der Waals surface area contributed by atoms with Crippen molar-refractivity contribution in [3.05, 3.63) is 64.7 Å². The Hall–Kier alpha value is -2.00. The van der Waals surface area contributed by atoms with E-state index in [2.05, 4.69) is 0 Å². The Morgan fingerprint density at radius 1 is 1.04 bits per heavy atom. The molecule has 2 aromatic rings. The van der Waals surface area contributed by atoms with Gasteiger partial charge in [0, 0.05) is 17.1 Å². The number of carbonyl (C=O) groups is 1. The van der Waals surface area contributed by atoms with Gasteiger partial charge in [-0.25, -0.2) is 0 Å².